The van der Waals surface area contributed by atoms with Crippen molar-refractivity contribution < 1.29 is 22.7 Å². The number of sulfonamides is 1. The Morgan fingerprint density at radius 3 is 2.26 bits per heavy atom. The molecule has 1 atom stereocenters. The summed E-state index contributed by atoms with van der Waals surface area (Å²) >= 11 is 6.19. The number of hydrogen-bond donors (Lipinski definition) is 1. The Hall–Kier alpha value is -3.56. The first-order chi connectivity index (χ1) is 18.3. The van der Waals surface area contributed by atoms with Crippen molar-refractivity contribution in [2.75, 3.05) is 18.0 Å². The number of anilines is 1. The van der Waals surface area contributed by atoms with Crippen LogP contribution in [0.2, 0.25) is 5.02 Å². The summed E-state index contributed by atoms with van der Waals surface area (Å²) in [4.78, 5) is 28.5. The average molecular weight is 572 g/mol. The molecule has 2 amide bonds. The van der Waals surface area contributed by atoms with Gasteiger partial charge in [0.25, 0.3) is 10.0 Å². The Morgan fingerprint density at radius 1 is 0.974 bits per heavy atom. The molecule has 0 spiro atoms. The van der Waals surface area contributed by atoms with Crippen LogP contribution in [0.25, 0.3) is 0 Å². The van der Waals surface area contributed by atoms with Crippen molar-refractivity contribution in [2.24, 2.45) is 0 Å². The van der Waals surface area contributed by atoms with Gasteiger partial charge in [-0.15, -0.1) is 0 Å². The first-order valence-electron chi connectivity index (χ1n) is 12.4. The Kier molecular flexibility index (Phi) is 9.63. The van der Waals surface area contributed by atoms with Gasteiger partial charge in [0.05, 0.1) is 17.7 Å². The van der Waals surface area contributed by atoms with Crippen LogP contribution in [0.4, 0.5) is 5.69 Å². The molecule has 208 valence electrons. The van der Waals surface area contributed by atoms with Gasteiger partial charge >= 0.3 is 0 Å². The molecule has 0 saturated heterocycles. The second-order valence-electron chi connectivity index (χ2n) is 10.1. The lowest BCUT2D eigenvalue weighted by atomic mass is 10.1. The fourth-order valence-corrected chi connectivity index (χ4v) is 5.52. The van der Waals surface area contributed by atoms with E-state index >= 15 is 0 Å². The summed E-state index contributed by atoms with van der Waals surface area (Å²) in [6, 6.07) is 20.4. The van der Waals surface area contributed by atoms with E-state index in [1.165, 1.54) is 23.1 Å². The highest BCUT2D eigenvalue weighted by atomic mass is 35.5. The van der Waals surface area contributed by atoms with E-state index in [1.807, 2.05) is 26.8 Å². The monoisotopic (exact) mass is 571 g/mol. The summed E-state index contributed by atoms with van der Waals surface area (Å²) in [5.74, 6) is -0.327. The van der Waals surface area contributed by atoms with E-state index in [0.717, 1.165) is 9.87 Å². The maximum atomic E-state index is 13.9. The highest BCUT2D eigenvalue weighted by Gasteiger charge is 2.33. The van der Waals surface area contributed by atoms with E-state index in [4.69, 9.17) is 16.3 Å². The third-order valence-electron chi connectivity index (χ3n) is 5.86. The maximum absolute atomic E-state index is 13.9. The van der Waals surface area contributed by atoms with Crippen LogP contribution < -0.4 is 14.4 Å². The number of hydrogen-bond acceptors (Lipinski definition) is 5. The van der Waals surface area contributed by atoms with Crippen LogP contribution in [-0.2, 0) is 26.2 Å². The molecule has 0 saturated carbocycles. The number of amides is 2. The predicted molar refractivity (Wildman–Crippen MR) is 153 cm³/mol. The smallest absolute Gasteiger partial charge is 0.264 e. The van der Waals surface area contributed by atoms with Crippen LogP contribution in [0.5, 0.6) is 5.75 Å². The van der Waals surface area contributed by atoms with Crippen LogP contribution in [-0.4, -0.2) is 50.4 Å². The molecule has 3 rings (SSSR count). The van der Waals surface area contributed by atoms with Gasteiger partial charge in [-0.1, -0.05) is 48.0 Å². The van der Waals surface area contributed by atoms with Crippen molar-refractivity contribution in [3.05, 3.63) is 89.4 Å². The summed E-state index contributed by atoms with van der Waals surface area (Å²) in [6.45, 7) is 6.67. The Balaban J connectivity index is 2.04. The Morgan fingerprint density at radius 2 is 1.64 bits per heavy atom. The lowest BCUT2D eigenvalue weighted by molar-refractivity contribution is -0.140. The zero-order valence-electron chi connectivity index (χ0n) is 22.7. The molecule has 0 heterocycles. The van der Waals surface area contributed by atoms with Gasteiger partial charge in [-0.05, 0) is 75.7 Å². The number of benzene rings is 3. The van der Waals surface area contributed by atoms with E-state index in [0.29, 0.717) is 10.8 Å². The van der Waals surface area contributed by atoms with E-state index in [2.05, 4.69) is 5.32 Å². The average Bonchev–Trinajstić information content (AvgIpc) is 2.89. The van der Waals surface area contributed by atoms with Crippen molar-refractivity contribution in [2.45, 2.75) is 50.7 Å². The molecular weight excluding hydrogens is 538 g/mol. The molecule has 0 radical (unpaired) electrons. The molecule has 0 aliphatic carbocycles. The Labute approximate surface area is 235 Å². The lowest BCUT2D eigenvalue weighted by Gasteiger charge is -2.33. The molecule has 0 aromatic heterocycles. The minimum absolute atomic E-state index is 0.0237. The minimum atomic E-state index is -4.15. The van der Waals surface area contributed by atoms with Gasteiger partial charge in [0.15, 0.2) is 0 Å². The fraction of sp³-hybridized carbons (Fsp3) is 0.310. The van der Waals surface area contributed by atoms with E-state index in [1.54, 1.807) is 68.6 Å². The minimum Gasteiger partial charge on any atom is -0.497 e. The second kappa shape index (κ2) is 12.5. The number of carbonyl (C=O) groups excluding carboxylic acids is 2. The number of rotatable bonds is 10. The second-order valence-corrected chi connectivity index (χ2v) is 12.4. The van der Waals surface area contributed by atoms with Crippen LogP contribution in [0.15, 0.2) is 83.8 Å². The molecule has 0 bridgehead atoms. The van der Waals surface area contributed by atoms with Crippen molar-refractivity contribution in [3.63, 3.8) is 0 Å². The van der Waals surface area contributed by atoms with Gasteiger partial charge in [-0.2, -0.15) is 0 Å². The van der Waals surface area contributed by atoms with Crippen LogP contribution in [0.1, 0.15) is 33.3 Å². The molecule has 1 N–H and O–H groups in total. The zero-order chi connectivity index (χ0) is 28.8. The highest BCUT2D eigenvalue weighted by molar-refractivity contribution is 7.92. The van der Waals surface area contributed by atoms with Crippen molar-refractivity contribution in [1.29, 1.82) is 0 Å². The summed E-state index contributed by atoms with van der Waals surface area (Å²) in [5.41, 5.74) is 0.422. The summed E-state index contributed by atoms with van der Waals surface area (Å²) in [6.07, 6.45) is 0. The van der Waals surface area contributed by atoms with Crippen LogP contribution in [0.3, 0.4) is 0 Å². The molecule has 0 aliphatic heterocycles. The molecule has 10 heteroatoms. The predicted octanol–water partition coefficient (Wildman–Crippen LogP) is 4.88. The van der Waals surface area contributed by atoms with E-state index < -0.39 is 34.1 Å². The third-order valence-corrected chi connectivity index (χ3v) is 7.88. The summed E-state index contributed by atoms with van der Waals surface area (Å²) in [5, 5.41) is 3.22. The quantitative estimate of drug-likeness (QED) is 0.374. The van der Waals surface area contributed by atoms with E-state index in [-0.39, 0.29) is 23.0 Å². The van der Waals surface area contributed by atoms with Gasteiger partial charge < -0.3 is 15.0 Å². The first kappa shape index (κ1) is 30.0. The molecular formula is C29H34ClN3O5S. The first-order valence-corrected chi connectivity index (χ1v) is 14.2. The van der Waals surface area contributed by atoms with Crippen molar-refractivity contribution >= 4 is 39.1 Å². The number of methoxy groups -OCH3 is 1. The Bertz CT molecular complexity index is 1410. The normalized spacial score (nSPS) is 12.4. The van der Waals surface area contributed by atoms with Crippen molar-refractivity contribution in [1.82, 2.24) is 10.2 Å². The van der Waals surface area contributed by atoms with Crippen LogP contribution >= 0.6 is 11.6 Å². The largest absolute Gasteiger partial charge is 0.497 e. The molecule has 1 unspecified atom stereocenters. The number of nitrogens with zero attached hydrogens (tertiary/aromatic N) is 2. The van der Waals surface area contributed by atoms with Gasteiger partial charge in [0.2, 0.25) is 11.8 Å². The van der Waals surface area contributed by atoms with Gasteiger partial charge in [-0.3, -0.25) is 13.9 Å². The third kappa shape index (κ3) is 7.97. The number of nitrogens with one attached hydrogen (secondary N) is 1. The number of carbonyl (C=O) groups is 2. The molecule has 0 fully saturated rings. The molecule has 8 nitrogen and oxygen atoms in total. The SMILES string of the molecule is COc1cccc(CN(C(=O)CN(c2cccc(Cl)c2)S(=O)(=O)c2ccccc2)C(C)C(=O)NC(C)(C)C)c1. The molecule has 39 heavy (non-hydrogen) atoms. The highest BCUT2D eigenvalue weighted by Crippen LogP contribution is 2.27. The fourth-order valence-electron chi connectivity index (χ4n) is 3.90. The maximum Gasteiger partial charge on any atom is 0.264 e. The lowest BCUT2D eigenvalue weighted by Crippen LogP contribution is -2.54. The topological polar surface area (TPSA) is 96.0 Å². The molecule has 3 aromatic carbocycles. The summed E-state index contributed by atoms with van der Waals surface area (Å²) < 4.78 is 33.8. The molecule has 0 aliphatic rings. The number of halogens is 1. The number of ether oxygens (including phenoxy) is 1. The summed E-state index contributed by atoms with van der Waals surface area (Å²) in [7, 11) is -2.61. The van der Waals surface area contributed by atoms with Crippen molar-refractivity contribution in [3.8, 4) is 5.75 Å². The van der Waals surface area contributed by atoms with Gasteiger partial charge in [-0.25, -0.2) is 8.42 Å². The van der Waals surface area contributed by atoms with Crippen LogP contribution in [0, 0.1) is 0 Å². The van der Waals surface area contributed by atoms with Gasteiger partial charge in [0, 0.05) is 17.1 Å². The standard InChI is InChI=1S/C29H34ClN3O5S/c1-21(28(35)31-29(2,3)4)32(19-22-11-9-14-25(17-22)38-5)27(34)20-33(24-13-10-12-23(30)18-24)39(36,37)26-15-7-6-8-16-26/h6-18,21H,19-20H2,1-5H3,(H,31,35). The van der Waals surface area contributed by atoms with E-state index in [9.17, 15) is 18.0 Å². The van der Waals surface area contributed by atoms with Gasteiger partial charge in [0.1, 0.15) is 18.3 Å². The zero-order valence-corrected chi connectivity index (χ0v) is 24.3. The molecule has 3 aromatic rings.